The second kappa shape index (κ2) is 7.88. The van der Waals surface area contributed by atoms with Gasteiger partial charge in [0.2, 0.25) is 11.8 Å². The summed E-state index contributed by atoms with van der Waals surface area (Å²) < 4.78 is 0. The standard InChI is InChI=1S/C24H21N3O2S/c28-22(11-6-16-4-2-1-3-5-16)26-24-25-20(15-30-24)18-9-10-21-19(14-18)12-13-27(21)23(29)17-7-8-17/h1-6,9-11,14-15,17H,7-8,12-13H2,(H,25,26,28)/b11-6+. The molecule has 0 spiro atoms. The SMILES string of the molecule is O=C(/C=C/c1ccccc1)Nc1nc(-c2ccc3c(c2)CCN3C(=O)C2CC2)cs1. The molecule has 1 aromatic heterocycles. The zero-order valence-electron chi connectivity index (χ0n) is 16.4. The fourth-order valence-electron chi connectivity index (χ4n) is 3.69. The Morgan fingerprint density at radius 1 is 1.13 bits per heavy atom. The van der Waals surface area contributed by atoms with Gasteiger partial charge in [0, 0.05) is 35.2 Å². The quantitative estimate of drug-likeness (QED) is 0.611. The summed E-state index contributed by atoms with van der Waals surface area (Å²) in [6, 6.07) is 15.8. The molecule has 2 aromatic carbocycles. The molecular weight excluding hydrogens is 394 g/mol. The molecule has 0 unspecified atom stereocenters. The molecule has 1 aliphatic heterocycles. The van der Waals surface area contributed by atoms with Crippen molar-refractivity contribution in [1.82, 2.24) is 4.98 Å². The second-order valence-corrected chi connectivity index (χ2v) is 8.49. The summed E-state index contributed by atoms with van der Waals surface area (Å²) in [6.45, 7) is 0.764. The number of aromatic nitrogens is 1. The molecule has 6 heteroatoms. The molecule has 1 fully saturated rings. The van der Waals surface area contributed by atoms with E-state index in [4.69, 9.17) is 0 Å². The minimum atomic E-state index is -0.206. The second-order valence-electron chi connectivity index (χ2n) is 7.63. The number of hydrogen-bond donors (Lipinski definition) is 1. The van der Waals surface area contributed by atoms with Crippen molar-refractivity contribution >= 4 is 40.0 Å². The van der Waals surface area contributed by atoms with Crippen LogP contribution in [0.4, 0.5) is 10.8 Å². The molecule has 30 heavy (non-hydrogen) atoms. The number of thiazole rings is 1. The highest BCUT2D eigenvalue weighted by molar-refractivity contribution is 7.14. The van der Waals surface area contributed by atoms with Crippen LogP contribution in [0.1, 0.15) is 24.0 Å². The molecule has 5 rings (SSSR count). The maximum Gasteiger partial charge on any atom is 0.250 e. The number of hydrogen-bond acceptors (Lipinski definition) is 4. The summed E-state index contributed by atoms with van der Waals surface area (Å²) in [6.07, 6.45) is 6.21. The number of nitrogens with zero attached hydrogens (tertiary/aromatic N) is 2. The summed E-state index contributed by atoms with van der Waals surface area (Å²) in [5, 5.41) is 5.34. The van der Waals surface area contributed by atoms with E-state index in [-0.39, 0.29) is 17.7 Å². The van der Waals surface area contributed by atoms with Crippen LogP contribution in [0.3, 0.4) is 0 Å². The Balaban J connectivity index is 1.27. The minimum absolute atomic E-state index is 0.206. The van der Waals surface area contributed by atoms with Crippen LogP contribution in [0.15, 0.2) is 60.0 Å². The number of nitrogens with one attached hydrogen (secondary N) is 1. The molecule has 0 atom stereocenters. The van der Waals surface area contributed by atoms with Crippen LogP contribution >= 0.6 is 11.3 Å². The molecule has 2 aliphatic rings. The highest BCUT2D eigenvalue weighted by Gasteiger charge is 2.36. The van der Waals surface area contributed by atoms with Gasteiger partial charge in [0.05, 0.1) is 5.69 Å². The average Bonchev–Trinajstić information content (AvgIpc) is 3.38. The number of anilines is 2. The lowest BCUT2D eigenvalue weighted by atomic mass is 10.1. The van der Waals surface area contributed by atoms with Gasteiger partial charge in [-0.3, -0.25) is 14.9 Å². The normalized spacial score (nSPS) is 15.4. The maximum atomic E-state index is 12.4. The van der Waals surface area contributed by atoms with Gasteiger partial charge in [0.1, 0.15) is 0 Å². The van der Waals surface area contributed by atoms with E-state index < -0.39 is 0 Å². The Kier molecular flexibility index (Phi) is 4.93. The topological polar surface area (TPSA) is 62.3 Å². The number of benzene rings is 2. The summed E-state index contributed by atoms with van der Waals surface area (Å²) in [4.78, 5) is 31.1. The van der Waals surface area contributed by atoms with E-state index in [1.165, 1.54) is 23.0 Å². The summed E-state index contributed by atoms with van der Waals surface area (Å²) in [7, 11) is 0. The van der Waals surface area contributed by atoms with Crippen molar-refractivity contribution in [3.63, 3.8) is 0 Å². The van der Waals surface area contributed by atoms with Crippen LogP contribution in [0.25, 0.3) is 17.3 Å². The molecule has 2 amide bonds. The number of fused-ring (bicyclic) bond motifs is 1. The van der Waals surface area contributed by atoms with Gasteiger partial charge in [-0.15, -0.1) is 11.3 Å². The first-order valence-electron chi connectivity index (χ1n) is 10.1. The number of carbonyl (C=O) groups is 2. The van der Waals surface area contributed by atoms with Gasteiger partial charge in [0.25, 0.3) is 0 Å². The smallest absolute Gasteiger partial charge is 0.250 e. The third-order valence-corrected chi connectivity index (χ3v) is 6.18. The van der Waals surface area contributed by atoms with E-state index in [9.17, 15) is 9.59 Å². The van der Waals surface area contributed by atoms with Crippen molar-refractivity contribution < 1.29 is 9.59 Å². The van der Waals surface area contributed by atoms with Crippen LogP contribution in [0.5, 0.6) is 0 Å². The molecule has 1 N–H and O–H groups in total. The Bertz CT molecular complexity index is 1130. The summed E-state index contributed by atoms with van der Waals surface area (Å²) >= 11 is 1.40. The van der Waals surface area contributed by atoms with Gasteiger partial charge < -0.3 is 4.90 Å². The van der Waals surface area contributed by atoms with Gasteiger partial charge in [-0.1, -0.05) is 36.4 Å². The minimum Gasteiger partial charge on any atom is -0.312 e. The highest BCUT2D eigenvalue weighted by atomic mass is 32.1. The largest absolute Gasteiger partial charge is 0.312 e. The average molecular weight is 416 g/mol. The number of amides is 2. The Labute approximate surface area is 179 Å². The first kappa shape index (κ1) is 18.8. The molecule has 0 radical (unpaired) electrons. The Morgan fingerprint density at radius 3 is 2.77 bits per heavy atom. The lowest BCUT2D eigenvalue weighted by Gasteiger charge is -2.17. The monoisotopic (exact) mass is 415 g/mol. The van der Waals surface area contributed by atoms with E-state index >= 15 is 0 Å². The van der Waals surface area contributed by atoms with Crippen molar-refractivity contribution in [3.05, 3.63) is 71.1 Å². The van der Waals surface area contributed by atoms with E-state index in [1.807, 2.05) is 52.7 Å². The number of rotatable bonds is 5. The fraction of sp³-hybridized carbons (Fsp3) is 0.208. The van der Waals surface area contributed by atoms with E-state index in [0.29, 0.717) is 5.13 Å². The lowest BCUT2D eigenvalue weighted by molar-refractivity contribution is -0.119. The van der Waals surface area contributed by atoms with Crippen molar-refractivity contribution in [1.29, 1.82) is 0 Å². The first-order valence-corrected chi connectivity index (χ1v) is 11.0. The van der Waals surface area contributed by atoms with Crippen molar-refractivity contribution in [2.45, 2.75) is 19.3 Å². The molecule has 3 aromatic rings. The lowest BCUT2D eigenvalue weighted by Crippen LogP contribution is -2.30. The highest BCUT2D eigenvalue weighted by Crippen LogP contribution is 2.38. The van der Waals surface area contributed by atoms with Gasteiger partial charge >= 0.3 is 0 Å². The molecule has 2 heterocycles. The number of carbonyl (C=O) groups excluding carboxylic acids is 2. The van der Waals surface area contributed by atoms with Crippen LogP contribution in [-0.4, -0.2) is 23.3 Å². The van der Waals surface area contributed by atoms with E-state index in [0.717, 1.165) is 48.3 Å². The van der Waals surface area contributed by atoms with Crippen molar-refractivity contribution in [2.24, 2.45) is 5.92 Å². The fourth-order valence-corrected chi connectivity index (χ4v) is 4.41. The first-order chi connectivity index (χ1) is 14.7. The third kappa shape index (κ3) is 3.91. The molecular formula is C24H21N3O2S. The van der Waals surface area contributed by atoms with Gasteiger partial charge in [-0.25, -0.2) is 4.98 Å². The van der Waals surface area contributed by atoms with Crippen LogP contribution in [-0.2, 0) is 16.0 Å². The molecule has 1 saturated carbocycles. The summed E-state index contributed by atoms with van der Waals surface area (Å²) in [5.74, 6) is 0.294. The Morgan fingerprint density at radius 2 is 1.97 bits per heavy atom. The molecule has 1 aliphatic carbocycles. The zero-order valence-corrected chi connectivity index (χ0v) is 17.2. The van der Waals surface area contributed by atoms with E-state index in [1.54, 1.807) is 6.08 Å². The van der Waals surface area contributed by atoms with Crippen molar-refractivity contribution in [3.8, 4) is 11.3 Å². The van der Waals surface area contributed by atoms with Crippen LogP contribution < -0.4 is 10.2 Å². The van der Waals surface area contributed by atoms with Crippen molar-refractivity contribution in [2.75, 3.05) is 16.8 Å². The molecule has 5 nitrogen and oxygen atoms in total. The van der Waals surface area contributed by atoms with Crippen LogP contribution in [0, 0.1) is 5.92 Å². The van der Waals surface area contributed by atoms with E-state index in [2.05, 4.69) is 16.4 Å². The third-order valence-electron chi connectivity index (χ3n) is 5.42. The van der Waals surface area contributed by atoms with Crippen LogP contribution in [0.2, 0.25) is 0 Å². The molecule has 0 bridgehead atoms. The zero-order chi connectivity index (χ0) is 20.5. The summed E-state index contributed by atoms with van der Waals surface area (Å²) in [5.41, 5.74) is 5.03. The predicted molar refractivity (Wildman–Crippen MR) is 120 cm³/mol. The Hall–Kier alpha value is -3.25. The predicted octanol–water partition coefficient (Wildman–Crippen LogP) is 4.76. The van der Waals surface area contributed by atoms with Gasteiger partial charge in [-0.05, 0) is 48.6 Å². The van der Waals surface area contributed by atoms with Gasteiger partial charge in [0.15, 0.2) is 5.13 Å². The molecule has 150 valence electrons. The maximum absolute atomic E-state index is 12.4. The molecule has 0 saturated heterocycles. The van der Waals surface area contributed by atoms with Gasteiger partial charge in [-0.2, -0.15) is 0 Å².